The standard InChI is InChI=1S/C19H17ClFNO2/c1-10-4-7-16(21)17(11(10)2)12(3)18(19(23)24)15-6-5-14(20)8-13(15)9-22/h4-8,12,18H,1-3H3,(H,23,24)/t12-,18-/m0/s1. The molecule has 2 aromatic carbocycles. The molecule has 1 N–H and O–H groups in total. The summed E-state index contributed by atoms with van der Waals surface area (Å²) in [4.78, 5) is 11.9. The number of nitrogens with zero attached hydrogens (tertiary/aromatic N) is 1. The molecule has 2 atom stereocenters. The summed E-state index contributed by atoms with van der Waals surface area (Å²) in [5, 5.41) is 19.4. The largest absolute Gasteiger partial charge is 0.481 e. The fourth-order valence-corrected chi connectivity index (χ4v) is 3.22. The lowest BCUT2D eigenvalue weighted by Gasteiger charge is -2.24. The predicted molar refractivity (Wildman–Crippen MR) is 90.8 cm³/mol. The maximum absolute atomic E-state index is 14.4. The quantitative estimate of drug-likeness (QED) is 0.853. The second kappa shape index (κ2) is 7.02. The van der Waals surface area contributed by atoms with E-state index in [2.05, 4.69) is 0 Å². The molecule has 0 aromatic heterocycles. The monoisotopic (exact) mass is 345 g/mol. The van der Waals surface area contributed by atoms with Gasteiger partial charge in [0, 0.05) is 10.9 Å². The smallest absolute Gasteiger partial charge is 0.311 e. The Bertz CT molecular complexity index is 842. The maximum atomic E-state index is 14.4. The minimum Gasteiger partial charge on any atom is -0.481 e. The van der Waals surface area contributed by atoms with Crippen molar-refractivity contribution in [1.29, 1.82) is 5.26 Å². The zero-order valence-corrected chi connectivity index (χ0v) is 14.4. The van der Waals surface area contributed by atoms with Crippen molar-refractivity contribution in [2.24, 2.45) is 0 Å². The van der Waals surface area contributed by atoms with Crippen LogP contribution < -0.4 is 0 Å². The van der Waals surface area contributed by atoms with Crippen LogP contribution in [0.15, 0.2) is 30.3 Å². The summed E-state index contributed by atoms with van der Waals surface area (Å²) in [5.41, 5.74) is 2.50. The zero-order chi connectivity index (χ0) is 18.0. The molecule has 3 nitrogen and oxygen atoms in total. The van der Waals surface area contributed by atoms with Crippen LogP contribution in [0.5, 0.6) is 0 Å². The first-order valence-electron chi connectivity index (χ1n) is 7.45. The summed E-state index contributed by atoms with van der Waals surface area (Å²) in [6.45, 7) is 5.29. The Hall–Kier alpha value is -2.38. The van der Waals surface area contributed by atoms with Gasteiger partial charge in [-0.2, -0.15) is 5.26 Å². The lowest BCUT2D eigenvalue weighted by Crippen LogP contribution is -2.21. The highest BCUT2D eigenvalue weighted by Gasteiger charge is 2.32. The molecular formula is C19H17ClFNO2. The van der Waals surface area contributed by atoms with Crippen LogP contribution in [0, 0.1) is 31.0 Å². The van der Waals surface area contributed by atoms with E-state index in [1.807, 2.05) is 13.0 Å². The van der Waals surface area contributed by atoms with Crippen LogP contribution in [0.1, 0.15) is 46.6 Å². The number of hydrogen-bond donors (Lipinski definition) is 1. The normalized spacial score (nSPS) is 13.2. The summed E-state index contributed by atoms with van der Waals surface area (Å²) in [7, 11) is 0. The Kier molecular flexibility index (Phi) is 5.26. The van der Waals surface area contributed by atoms with E-state index in [1.54, 1.807) is 26.0 Å². The molecule has 2 rings (SSSR count). The highest BCUT2D eigenvalue weighted by Crippen LogP contribution is 2.38. The van der Waals surface area contributed by atoms with E-state index in [9.17, 15) is 19.6 Å². The summed E-state index contributed by atoms with van der Waals surface area (Å²) < 4.78 is 14.4. The van der Waals surface area contributed by atoms with Crippen molar-refractivity contribution in [2.45, 2.75) is 32.6 Å². The SMILES string of the molecule is Cc1ccc(F)c([C@H](C)[C@H](C(=O)O)c2ccc(Cl)cc2C#N)c1C. The Labute approximate surface area is 145 Å². The van der Waals surface area contributed by atoms with Gasteiger partial charge in [0.05, 0.1) is 17.6 Å². The highest BCUT2D eigenvalue weighted by molar-refractivity contribution is 6.30. The Morgan fingerprint density at radius 1 is 1.29 bits per heavy atom. The molecule has 124 valence electrons. The molecule has 0 unspecified atom stereocenters. The van der Waals surface area contributed by atoms with Crippen molar-refractivity contribution in [2.75, 3.05) is 0 Å². The fraction of sp³-hybridized carbons (Fsp3) is 0.263. The van der Waals surface area contributed by atoms with Crippen molar-refractivity contribution in [3.63, 3.8) is 0 Å². The van der Waals surface area contributed by atoms with Gasteiger partial charge in [0.25, 0.3) is 0 Å². The van der Waals surface area contributed by atoms with E-state index in [-0.39, 0.29) is 5.56 Å². The van der Waals surface area contributed by atoms with Gasteiger partial charge < -0.3 is 5.11 Å². The third-order valence-corrected chi connectivity index (χ3v) is 4.66. The number of benzene rings is 2. The van der Waals surface area contributed by atoms with Crippen molar-refractivity contribution in [1.82, 2.24) is 0 Å². The predicted octanol–water partition coefficient (Wildman–Crippen LogP) is 4.94. The first-order valence-corrected chi connectivity index (χ1v) is 7.83. The number of carboxylic acid groups (broad SMARTS) is 1. The van der Waals surface area contributed by atoms with Gasteiger partial charge in [-0.05, 0) is 54.3 Å². The molecule has 0 aliphatic heterocycles. The summed E-state index contributed by atoms with van der Waals surface area (Å²) in [6, 6.07) is 9.49. The summed E-state index contributed by atoms with van der Waals surface area (Å²) >= 11 is 5.89. The van der Waals surface area contributed by atoms with Crippen molar-refractivity contribution < 1.29 is 14.3 Å². The highest BCUT2D eigenvalue weighted by atomic mass is 35.5. The number of rotatable bonds is 4. The van der Waals surface area contributed by atoms with E-state index in [4.69, 9.17) is 11.6 Å². The van der Waals surface area contributed by atoms with Crippen molar-refractivity contribution in [3.05, 3.63) is 69.0 Å². The van der Waals surface area contributed by atoms with Crippen LogP contribution in [0.3, 0.4) is 0 Å². The topological polar surface area (TPSA) is 61.1 Å². The number of aryl methyl sites for hydroxylation is 1. The zero-order valence-electron chi connectivity index (χ0n) is 13.6. The third kappa shape index (κ3) is 3.27. The third-order valence-electron chi connectivity index (χ3n) is 4.42. The number of carboxylic acids is 1. The van der Waals surface area contributed by atoms with E-state index in [0.29, 0.717) is 16.1 Å². The van der Waals surface area contributed by atoms with Crippen molar-refractivity contribution in [3.8, 4) is 6.07 Å². The van der Waals surface area contributed by atoms with Gasteiger partial charge in [0.1, 0.15) is 5.82 Å². The van der Waals surface area contributed by atoms with Gasteiger partial charge >= 0.3 is 5.97 Å². The molecule has 5 heteroatoms. The number of nitriles is 1. The second-order valence-electron chi connectivity index (χ2n) is 5.85. The number of halogens is 2. The number of hydrogen-bond acceptors (Lipinski definition) is 2. The molecule has 0 saturated heterocycles. The molecule has 0 aliphatic rings. The lowest BCUT2D eigenvalue weighted by molar-refractivity contribution is -0.139. The minimum atomic E-state index is -1.11. The molecule has 0 spiro atoms. The van der Waals surface area contributed by atoms with Crippen LogP contribution in [-0.4, -0.2) is 11.1 Å². The lowest BCUT2D eigenvalue weighted by atomic mass is 9.79. The first-order chi connectivity index (χ1) is 11.3. The average molecular weight is 346 g/mol. The molecule has 24 heavy (non-hydrogen) atoms. The minimum absolute atomic E-state index is 0.187. The molecule has 0 bridgehead atoms. The van der Waals surface area contributed by atoms with Crippen LogP contribution >= 0.6 is 11.6 Å². The van der Waals surface area contributed by atoms with Crippen LogP contribution in [0.2, 0.25) is 5.02 Å². The van der Waals surface area contributed by atoms with E-state index < -0.39 is 23.6 Å². The molecule has 0 saturated carbocycles. The molecule has 2 aromatic rings. The molecule has 0 aliphatic carbocycles. The Morgan fingerprint density at radius 3 is 2.54 bits per heavy atom. The fourth-order valence-electron chi connectivity index (χ4n) is 3.04. The van der Waals surface area contributed by atoms with Crippen LogP contribution in [-0.2, 0) is 4.79 Å². The van der Waals surface area contributed by atoms with E-state index in [1.165, 1.54) is 18.2 Å². The molecule has 0 heterocycles. The summed E-state index contributed by atoms with van der Waals surface area (Å²) in [5.74, 6) is -3.24. The maximum Gasteiger partial charge on any atom is 0.311 e. The second-order valence-corrected chi connectivity index (χ2v) is 6.29. The van der Waals surface area contributed by atoms with Gasteiger partial charge in [-0.25, -0.2) is 4.39 Å². The number of aliphatic carboxylic acids is 1. The van der Waals surface area contributed by atoms with Gasteiger partial charge in [0.15, 0.2) is 0 Å². The molecule has 0 fully saturated rings. The molecular weight excluding hydrogens is 329 g/mol. The van der Waals surface area contributed by atoms with E-state index >= 15 is 0 Å². The van der Waals surface area contributed by atoms with Gasteiger partial charge in [-0.1, -0.05) is 30.7 Å². The van der Waals surface area contributed by atoms with E-state index in [0.717, 1.165) is 11.1 Å². The molecule has 0 radical (unpaired) electrons. The summed E-state index contributed by atoms with van der Waals surface area (Å²) in [6.07, 6.45) is 0. The van der Waals surface area contributed by atoms with Crippen LogP contribution in [0.4, 0.5) is 4.39 Å². The Morgan fingerprint density at radius 2 is 1.96 bits per heavy atom. The van der Waals surface area contributed by atoms with Gasteiger partial charge in [0.2, 0.25) is 0 Å². The molecule has 0 amide bonds. The average Bonchev–Trinajstić information content (AvgIpc) is 2.52. The van der Waals surface area contributed by atoms with Crippen LogP contribution in [0.25, 0.3) is 0 Å². The number of carbonyl (C=O) groups is 1. The Balaban J connectivity index is 2.64. The van der Waals surface area contributed by atoms with Crippen molar-refractivity contribution >= 4 is 17.6 Å². The van der Waals surface area contributed by atoms with Gasteiger partial charge in [-0.15, -0.1) is 0 Å². The van der Waals surface area contributed by atoms with Gasteiger partial charge in [-0.3, -0.25) is 4.79 Å². The first kappa shape index (κ1) is 18.0.